The van der Waals surface area contributed by atoms with Gasteiger partial charge in [-0.15, -0.1) is 0 Å². The van der Waals surface area contributed by atoms with Crippen LogP contribution in [0.1, 0.15) is 26.3 Å². The number of hydrogen-bond donors (Lipinski definition) is 2. The molecule has 0 fully saturated rings. The van der Waals surface area contributed by atoms with Gasteiger partial charge in [-0.25, -0.2) is 10.2 Å². The number of amides is 2. The molecule has 0 atom stereocenters. The van der Waals surface area contributed by atoms with Crippen LogP contribution in [-0.4, -0.2) is 51.9 Å². The van der Waals surface area contributed by atoms with Crippen molar-refractivity contribution in [2.24, 2.45) is 5.10 Å². The number of hydrazone groups is 1. The molecule has 192 valence electrons. The van der Waals surface area contributed by atoms with Gasteiger partial charge in [0.15, 0.2) is 11.5 Å². The minimum Gasteiger partial charge on any atom is -0.493 e. The fourth-order valence-electron chi connectivity index (χ4n) is 3.13. The van der Waals surface area contributed by atoms with Crippen molar-refractivity contribution in [2.45, 2.75) is 0 Å². The number of rotatable bonds is 10. The van der Waals surface area contributed by atoms with E-state index in [9.17, 15) is 14.4 Å². The number of esters is 1. The Bertz CT molecular complexity index is 1290. The molecule has 2 amide bonds. The summed E-state index contributed by atoms with van der Waals surface area (Å²) < 4.78 is 21.9. The summed E-state index contributed by atoms with van der Waals surface area (Å²) in [5.74, 6) is -0.426. The number of nitrogens with one attached hydrogen (secondary N) is 2. The molecular weight excluding hydrogens is 546 g/mol. The normalized spacial score (nSPS) is 10.5. The third-order valence-corrected chi connectivity index (χ3v) is 5.41. The molecule has 0 aliphatic rings. The largest absolute Gasteiger partial charge is 0.493 e. The highest BCUT2D eigenvalue weighted by Crippen LogP contribution is 2.38. The number of carbonyl (C=O) groups is 3. The second-order valence-corrected chi connectivity index (χ2v) is 8.24. The summed E-state index contributed by atoms with van der Waals surface area (Å²) in [6.07, 6.45) is 1.33. The maximum Gasteiger partial charge on any atom is 0.343 e. The number of methoxy groups -OCH3 is 3. The molecule has 0 unspecified atom stereocenters. The first kappa shape index (κ1) is 27.2. The van der Waals surface area contributed by atoms with Gasteiger partial charge < -0.3 is 24.3 Å². The molecule has 3 aromatic rings. The van der Waals surface area contributed by atoms with Crippen molar-refractivity contribution in [1.29, 1.82) is 0 Å². The molecule has 3 aromatic carbocycles. The molecule has 37 heavy (non-hydrogen) atoms. The molecule has 2 N–H and O–H groups in total. The van der Waals surface area contributed by atoms with Gasteiger partial charge in [0.25, 0.3) is 11.8 Å². The standard InChI is InChI=1S/C26H24BrN3O7/c1-34-21-12-17(13-22(35-2)24(21)36-3)25(32)28-15-23(31)30-29-14-18-11-19(27)9-10-20(18)37-26(33)16-7-5-4-6-8-16/h4-14H,15H2,1-3H3,(H,28,32)(H,30,31)/b29-14+. The van der Waals surface area contributed by atoms with E-state index in [1.807, 2.05) is 0 Å². The molecule has 11 heteroatoms. The molecule has 0 saturated heterocycles. The lowest BCUT2D eigenvalue weighted by Crippen LogP contribution is -2.35. The van der Waals surface area contributed by atoms with Crippen LogP contribution in [0.2, 0.25) is 0 Å². The second kappa shape index (κ2) is 13.1. The van der Waals surface area contributed by atoms with Crippen LogP contribution in [0.4, 0.5) is 0 Å². The van der Waals surface area contributed by atoms with Crippen LogP contribution < -0.4 is 29.7 Å². The highest BCUT2D eigenvalue weighted by molar-refractivity contribution is 9.10. The van der Waals surface area contributed by atoms with Gasteiger partial charge >= 0.3 is 5.97 Å². The Balaban J connectivity index is 1.61. The van der Waals surface area contributed by atoms with Gasteiger partial charge in [-0.05, 0) is 42.5 Å². The molecule has 0 spiro atoms. The fraction of sp³-hybridized carbons (Fsp3) is 0.154. The monoisotopic (exact) mass is 569 g/mol. The van der Waals surface area contributed by atoms with E-state index in [1.165, 1.54) is 39.7 Å². The molecule has 10 nitrogen and oxygen atoms in total. The third-order valence-electron chi connectivity index (χ3n) is 4.91. The van der Waals surface area contributed by atoms with Crippen LogP contribution in [0.5, 0.6) is 23.0 Å². The average molecular weight is 570 g/mol. The van der Waals surface area contributed by atoms with Gasteiger partial charge in [0, 0.05) is 15.6 Å². The Morgan fingerprint density at radius 1 is 0.865 bits per heavy atom. The van der Waals surface area contributed by atoms with Crippen molar-refractivity contribution < 1.29 is 33.3 Å². The maximum atomic E-state index is 12.5. The van der Waals surface area contributed by atoms with E-state index >= 15 is 0 Å². The first-order chi connectivity index (χ1) is 17.9. The zero-order chi connectivity index (χ0) is 26.8. The van der Waals surface area contributed by atoms with Crippen LogP contribution in [0.25, 0.3) is 0 Å². The number of nitrogens with zero attached hydrogens (tertiary/aromatic N) is 1. The van der Waals surface area contributed by atoms with Crippen molar-refractivity contribution >= 4 is 39.9 Å². The van der Waals surface area contributed by atoms with Gasteiger partial charge in [-0.3, -0.25) is 9.59 Å². The Morgan fingerprint density at radius 2 is 1.54 bits per heavy atom. The summed E-state index contributed by atoms with van der Waals surface area (Å²) in [5.41, 5.74) is 3.37. The number of halogens is 1. The van der Waals surface area contributed by atoms with E-state index in [2.05, 4.69) is 31.8 Å². The van der Waals surface area contributed by atoms with E-state index in [1.54, 1.807) is 48.5 Å². The Hall–Kier alpha value is -4.38. The average Bonchev–Trinajstić information content (AvgIpc) is 2.92. The molecule has 3 rings (SSSR count). The SMILES string of the molecule is COc1cc(C(=O)NCC(=O)N/N=C/c2cc(Br)ccc2OC(=O)c2ccccc2)cc(OC)c1OC. The molecule has 0 aliphatic carbocycles. The second-order valence-electron chi connectivity index (χ2n) is 7.33. The predicted molar refractivity (Wildman–Crippen MR) is 140 cm³/mol. The zero-order valence-electron chi connectivity index (χ0n) is 20.2. The number of carbonyl (C=O) groups excluding carboxylic acids is 3. The van der Waals surface area contributed by atoms with Gasteiger partial charge in [0.05, 0.1) is 39.7 Å². The van der Waals surface area contributed by atoms with Gasteiger partial charge in [-0.1, -0.05) is 34.1 Å². The fourth-order valence-corrected chi connectivity index (χ4v) is 3.51. The summed E-state index contributed by atoms with van der Waals surface area (Å²) in [7, 11) is 4.32. The van der Waals surface area contributed by atoms with E-state index in [0.29, 0.717) is 28.4 Å². The van der Waals surface area contributed by atoms with Crippen molar-refractivity contribution in [3.63, 3.8) is 0 Å². The van der Waals surface area contributed by atoms with Gasteiger partial charge in [0.1, 0.15) is 5.75 Å². The smallest absolute Gasteiger partial charge is 0.343 e. The van der Waals surface area contributed by atoms with Crippen LogP contribution in [0.15, 0.2) is 70.2 Å². The summed E-state index contributed by atoms with van der Waals surface area (Å²) in [6.45, 7) is -0.346. The van der Waals surface area contributed by atoms with E-state index in [0.717, 1.165) is 4.47 Å². The Labute approximate surface area is 221 Å². The van der Waals surface area contributed by atoms with E-state index in [4.69, 9.17) is 18.9 Å². The first-order valence-electron chi connectivity index (χ1n) is 10.8. The van der Waals surface area contributed by atoms with Crippen molar-refractivity contribution in [2.75, 3.05) is 27.9 Å². The van der Waals surface area contributed by atoms with Crippen molar-refractivity contribution in [3.8, 4) is 23.0 Å². The van der Waals surface area contributed by atoms with Crippen LogP contribution >= 0.6 is 15.9 Å². The van der Waals surface area contributed by atoms with Crippen LogP contribution in [0, 0.1) is 0 Å². The molecule has 0 heterocycles. The highest BCUT2D eigenvalue weighted by Gasteiger charge is 2.17. The highest BCUT2D eigenvalue weighted by atomic mass is 79.9. The first-order valence-corrected chi connectivity index (χ1v) is 11.6. The molecule has 0 saturated carbocycles. The summed E-state index contributed by atoms with van der Waals surface area (Å²) in [5, 5.41) is 6.41. The van der Waals surface area contributed by atoms with Gasteiger partial charge in [0.2, 0.25) is 5.75 Å². The molecule has 0 radical (unpaired) electrons. The van der Waals surface area contributed by atoms with Crippen LogP contribution in [-0.2, 0) is 4.79 Å². The zero-order valence-corrected chi connectivity index (χ0v) is 21.8. The lowest BCUT2D eigenvalue weighted by atomic mass is 10.1. The van der Waals surface area contributed by atoms with E-state index < -0.39 is 17.8 Å². The predicted octanol–water partition coefficient (Wildman–Crippen LogP) is 3.57. The minimum absolute atomic E-state index is 0.213. The maximum absolute atomic E-state index is 12.5. The lowest BCUT2D eigenvalue weighted by Gasteiger charge is -2.14. The Morgan fingerprint density at radius 3 is 2.16 bits per heavy atom. The van der Waals surface area contributed by atoms with E-state index in [-0.39, 0.29) is 17.9 Å². The third kappa shape index (κ3) is 7.31. The van der Waals surface area contributed by atoms with Crippen molar-refractivity contribution in [1.82, 2.24) is 10.7 Å². The number of ether oxygens (including phenoxy) is 4. The molecule has 0 aliphatic heterocycles. The topological polar surface area (TPSA) is 125 Å². The van der Waals surface area contributed by atoms with Crippen LogP contribution in [0.3, 0.4) is 0 Å². The number of hydrogen-bond acceptors (Lipinski definition) is 8. The molecular formula is C26H24BrN3O7. The Kier molecular flexibility index (Phi) is 9.61. The van der Waals surface area contributed by atoms with Gasteiger partial charge in [-0.2, -0.15) is 5.10 Å². The quantitative estimate of drug-likeness (QED) is 0.165. The summed E-state index contributed by atoms with van der Waals surface area (Å²) >= 11 is 3.36. The molecule has 0 aromatic heterocycles. The van der Waals surface area contributed by atoms with Crippen molar-refractivity contribution in [3.05, 3.63) is 81.8 Å². The minimum atomic E-state index is -0.574. The molecule has 0 bridgehead atoms. The summed E-state index contributed by atoms with van der Waals surface area (Å²) in [6, 6.07) is 16.5. The lowest BCUT2D eigenvalue weighted by molar-refractivity contribution is -0.120. The summed E-state index contributed by atoms with van der Waals surface area (Å²) in [4.78, 5) is 37.2. The number of benzene rings is 3.